The molecule has 1 saturated heterocycles. The smallest absolute Gasteiger partial charge is 0.129 e. The maximum atomic E-state index is 5.52. The van der Waals surface area contributed by atoms with E-state index in [-0.39, 0.29) is 0 Å². The first-order valence-corrected chi connectivity index (χ1v) is 5.54. The molecule has 16 heavy (non-hydrogen) atoms. The summed E-state index contributed by atoms with van der Waals surface area (Å²) >= 11 is 0. The van der Waals surface area contributed by atoms with Gasteiger partial charge in [0, 0.05) is 26.3 Å². The van der Waals surface area contributed by atoms with Gasteiger partial charge in [0.15, 0.2) is 0 Å². The minimum Gasteiger partial charge on any atom is -0.378 e. The van der Waals surface area contributed by atoms with E-state index in [0.29, 0.717) is 12.7 Å². The van der Waals surface area contributed by atoms with Gasteiger partial charge in [-0.1, -0.05) is 0 Å². The molecule has 1 aromatic rings. The normalized spacial score (nSPS) is 19.9. The molecule has 1 atom stereocenters. The second-order valence-electron chi connectivity index (χ2n) is 3.84. The quantitative estimate of drug-likeness (QED) is 0.813. The van der Waals surface area contributed by atoms with Gasteiger partial charge in [-0.05, 0) is 12.8 Å². The van der Waals surface area contributed by atoms with Crippen LogP contribution in [0.1, 0.15) is 18.5 Å². The first-order valence-electron chi connectivity index (χ1n) is 5.54. The molecule has 1 aromatic heterocycles. The van der Waals surface area contributed by atoms with E-state index >= 15 is 0 Å². The number of hydrogen-bond donors (Lipinski definition) is 1. The Morgan fingerprint density at radius 2 is 2.50 bits per heavy atom. The lowest BCUT2D eigenvalue weighted by molar-refractivity contribution is 0.120. The summed E-state index contributed by atoms with van der Waals surface area (Å²) in [7, 11) is 1.65. The highest BCUT2D eigenvalue weighted by Gasteiger charge is 2.14. The van der Waals surface area contributed by atoms with E-state index in [2.05, 4.69) is 15.3 Å². The van der Waals surface area contributed by atoms with E-state index in [4.69, 9.17) is 9.47 Å². The van der Waals surface area contributed by atoms with Gasteiger partial charge in [-0.15, -0.1) is 0 Å². The van der Waals surface area contributed by atoms with Crippen molar-refractivity contribution < 1.29 is 9.47 Å². The number of ether oxygens (including phenoxy) is 2. The molecule has 5 heteroatoms. The fourth-order valence-electron chi connectivity index (χ4n) is 1.74. The summed E-state index contributed by atoms with van der Waals surface area (Å²) in [4.78, 5) is 8.25. The minimum atomic E-state index is 0.320. The van der Waals surface area contributed by atoms with Gasteiger partial charge in [-0.2, -0.15) is 0 Å². The Kier molecular flexibility index (Phi) is 4.07. The molecule has 2 rings (SSSR count). The Morgan fingerprint density at radius 1 is 1.56 bits per heavy atom. The van der Waals surface area contributed by atoms with Crippen molar-refractivity contribution in [3.8, 4) is 0 Å². The van der Waals surface area contributed by atoms with Gasteiger partial charge in [0.1, 0.15) is 12.1 Å². The highest BCUT2D eigenvalue weighted by atomic mass is 16.5. The number of aromatic nitrogens is 2. The van der Waals surface area contributed by atoms with Crippen molar-refractivity contribution in [2.24, 2.45) is 0 Å². The summed E-state index contributed by atoms with van der Waals surface area (Å²) in [6.45, 7) is 2.20. The Balaban J connectivity index is 1.85. The second-order valence-corrected chi connectivity index (χ2v) is 3.84. The maximum Gasteiger partial charge on any atom is 0.129 e. The molecule has 2 heterocycles. The fourth-order valence-corrected chi connectivity index (χ4v) is 1.74. The van der Waals surface area contributed by atoms with E-state index in [1.807, 2.05) is 6.07 Å². The molecular weight excluding hydrogens is 206 g/mol. The van der Waals surface area contributed by atoms with Crippen LogP contribution in [0.4, 0.5) is 5.82 Å². The van der Waals surface area contributed by atoms with E-state index < -0.39 is 0 Å². The van der Waals surface area contributed by atoms with Crippen molar-refractivity contribution in [2.45, 2.75) is 25.6 Å². The number of nitrogens with zero attached hydrogens (tertiary/aromatic N) is 2. The molecule has 0 amide bonds. The molecule has 0 aliphatic carbocycles. The van der Waals surface area contributed by atoms with Crippen molar-refractivity contribution >= 4 is 5.82 Å². The molecule has 88 valence electrons. The molecule has 0 spiro atoms. The van der Waals surface area contributed by atoms with Crippen molar-refractivity contribution in [2.75, 3.05) is 25.6 Å². The SMILES string of the molecule is COCc1cc(NC[C@@H]2CCCO2)ncn1. The summed E-state index contributed by atoms with van der Waals surface area (Å²) in [6, 6.07) is 1.90. The molecular formula is C11H17N3O2. The number of anilines is 1. The van der Waals surface area contributed by atoms with Crippen LogP contribution in [-0.4, -0.2) is 36.3 Å². The molecule has 0 aromatic carbocycles. The van der Waals surface area contributed by atoms with E-state index in [1.54, 1.807) is 13.4 Å². The van der Waals surface area contributed by atoms with Gasteiger partial charge in [0.05, 0.1) is 18.4 Å². The standard InChI is InChI=1S/C11H17N3O2/c1-15-7-9-5-11(14-8-13-9)12-6-10-3-2-4-16-10/h5,8,10H,2-4,6-7H2,1H3,(H,12,13,14)/t10-/m0/s1. The molecule has 0 unspecified atom stereocenters. The lowest BCUT2D eigenvalue weighted by atomic mass is 10.2. The predicted octanol–water partition coefficient (Wildman–Crippen LogP) is 1.21. The van der Waals surface area contributed by atoms with Gasteiger partial charge in [0.25, 0.3) is 0 Å². The summed E-state index contributed by atoms with van der Waals surface area (Å²) < 4.78 is 10.5. The molecule has 1 fully saturated rings. The average molecular weight is 223 g/mol. The highest BCUT2D eigenvalue weighted by molar-refractivity contribution is 5.34. The molecule has 1 aliphatic heterocycles. The van der Waals surface area contributed by atoms with Gasteiger partial charge in [-0.25, -0.2) is 9.97 Å². The second kappa shape index (κ2) is 5.77. The fraction of sp³-hybridized carbons (Fsp3) is 0.636. The van der Waals surface area contributed by atoms with Gasteiger partial charge < -0.3 is 14.8 Å². The zero-order valence-electron chi connectivity index (χ0n) is 9.48. The number of methoxy groups -OCH3 is 1. The Morgan fingerprint density at radius 3 is 3.25 bits per heavy atom. The van der Waals surface area contributed by atoms with Crippen LogP contribution in [0.5, 0.6) is 0 Å². The zero-order valence-corrected chi connectivity index (χ0v) is 9.48. The Labute approximate surface area is 95.2 Å². The largest absolute Gasteiger partial charge is 0.378 e. The van der Waals surface area contributed by atoms with E-state index in [9.17, 15) is 0 Å². The summed E-state index contributed by atoms with van der Waals surface area (Å²) in [6.07, 6.45) is 4.15. The van der Waals surface area contributed by atoms with Crippen LogP contribution < -0.4 is 5.32 Å². The first-order chi connectivity index (χ1) is 7.88. The lowest BCUT2D eigenvalue weighted by Crippen LogP contribution is -2.19. The van der Waals surface area contributed by atoms with Gasteiger partial charge in [-0.3, -0.25) is 0 Å². The average Bonchev–Trinajstić information content (AvgIpc) is 2.80. The Bertz CT molecular complexity index is 327. The van der Waals surface area contributed by atoms with Gasteiger partial charge in [0.2, 0.25) is 0 Å². The monoisotopic (exact) mass is 223 g/mol. The van der Waals surface area contributed by atoms with Crippen molar-refractivity contribution in [1.29, 1.82) is 0 Å². The van der Waals surface area contributed by atoms with E-state index in [0.717, 1.165) is 37.5 Å². The first kappa shape index (κ1) is 11.3. The number of nitrogens with one attached hydrogen (secondary N) is 1. The third-order valence-electron chi connectivity index (χ3n) is 2.55. The predicted molar refractivity (Wildman–Crippen MR) is 60.2 cm³/mol. The third-order valence-corrected chi connectivity index (χ3v) is 2.55. The lowest BCUT2D eigenvalue weighted by Gasteiger charge is -2.11. The molecule has 0 radical (unpaired) electrons. The maximum absolute atomic E-state index is 5.52. The summed E-state index contributed by atoms with van der Waals surface area (Å²) in [5.74, 6) is 0.831. The zero-order chi connectivity index (χ0) is 11.2. The van der Waals surface area contributed by atoms with Crippen LogP contribution in [0.2, 0.25) is 0 Å². The van der Waals surface area contributed by atoms with Crippen molar-refractivity contribution in [3.63, 3.8) is 0 Å². The van der Waals surface area contributed by atoms with E-state index in [1.165, 1.54) is 0 Å². The van der Waals surface area contributed by atoms with Crippen LogP contribution >= 0.6 is 0 Å². The van der Waals surface area contributed by atoms with Crippen LogP contribution in [0, 0.1) is 0 Å². The summed E-state index contributed by atoms with van der Waals surface area (Å²) in [5, 5.41) is 3.25. The summed E-state index contributed by atoms with van der Waals surface area (Å²) in [5.41, 5.74) is 0.882. The van der Waals surface area contributed by atoms with Crippen LogP contribution in [0.15, 0.2) is 12.4 Å². The third kappa shape index (κ3) is 3.15. The molecule has 1 aliphatic rings. The Hall–Kier alpha value is -1.20. The molecule has 5 nitrogen and oxygen atoms in total. The van der Waals surface area contributed by atoms with Crippen LogP contribution in [0.25, 0.3) is 0 Å². The number of hydrogen-bond acceptors (Lipinski definition) is 5. The van der Waals surface area contributed by atoms with Crippen molar-refractivity contribution in [3.05, 3.63) is 18.1 Å². The molecule has 1 N–H and O–H groups in total. The topological polar surface area (TPSA) is 56.3 Å². The minimum absolute atomic E-state index is 0.320. The molecule has 0 bridgehead atoms. The van der Waals surface area contributed by atoms with Crippen LogP contribution in [0.3, 0.4) is 0 Å². The van der Waals surface area contributed by atoms with Gasteiger partial charge >= 0.3 is 0 Å². The van der Waals surface area contributed by atoms with Crippen molar-refractivity contribution in [1.82, 2.24) is 9.97 Å². The number of rotatable bonds is 5. The van der Waals surface area contributed by atoms with Crippen LogP contribution in [-0.2, 0) is 16.1 Å². The molecule has 0 saturated carbocycles. The highest BCUT2D eigenvalue weighted by Crippen LogP contribution is 2.13.